The fourth-order valence-corrected chi connectivity index (χ4v) is 5.76. The molecule has 1 amide bonds. The Kier molecular flexibility index (Phi) is 16.9. The van der Waals surface area contributed by atoms with E-state index in [1.807, 2.05) is 67.6 Å². The van der Waals surface area contributed by atoms with Gasteiger partial charge in [0.15, 0.2) is 0 Å². The van der Waals surface area contributed by atoms with Crippen LogP contribution in [-0.4, -0.2) is 61.7 Å². The quantitative estimate of drug-likeness (QED) is 0.0878. The number of halogens is 1. The molecule has 0 aliphatic carbocycles. The molecule has 4 rings (SSSR count). The van der Waals surface area contributed by atoms with Crippen molar-refractivity contribution >= 4 is 17.5 Å². The van der Waals surface area contributed by atoms with Crippen molar-refractivity contribution in [1.82, 2.24) is 29.3 Å². The smallest absolute Gasteiger partial charge is 0.221 e. The van der Waals surface area contributed by atoms with E-state index in [1.54, 1.807) is 6.20 Å². The van der Waals surface area contributed by atoms with Crippen LogP contribution in [0.1, 0.15) is 84.3 Å². The Labute approximate surface area is 299 Å². The normalized spacial score (nSPS) is 11.7. The first-order valence-electron chi connectivity index (χ1n) is 17.7. The summed E-state index contributed by atoms with van der Waals surface area (Å²) in [4.78, 5) is 21.9. The SMILES string of the molecule is CC(C)(COc1ccc(Cl)cc1)NCCCn1ccnc1.CCCCCCN(CCCn1ccnc1)C(C)(C)c1ccc(CC(N)=O)cc1. The molecule has 0 radical (unpaired) electrons. The summed E-state index contributed by atoms with van der Waals surface area (Å²) in [7, 11) is 0. The Morgan fingerprint density at radius 2 is 1.47 bits per heavy atom. The molecule has 0 saturated carbocycles. The molecular formula is C39H58ClN7O2. The molecule has 10 heteroatoms. The van der Waals surface area contributed by atoms with E-state index >= 15 is 0 Å². The molecule has 268 valence electrons. The van der Waals surface area contributed by atoms with Crippen LogP contribution in [0.3, 0.4) is 0 Å². The van der Waals surface area contributed by atoms with E-state index in [1.165, 1.54) is 31.2 Å². The molecule has 0 saturated heterocycles. The molecule has 0 spiro atoms. The Morgan fingerprint density at radius 1 is 0.857 bits per heavy atom. The number of nitrogens with one attached hydrogen (secondary N) is 1. The van der Waals surface area contributed by atoms with E-state index in [9.17, 15) is 4.79 Å². The Balaban J connectivity index is 0.000000276. The number of carbonyl (C=O) groups excluding carboxylic acids is 1. The number of hydrogen-bond donors (Lipinski definition) is 2. The lowest BCUT2D eigenvalue weighted by Gasteiger charge is -2.39. The fraction of sp³-hybridized carbons (Fsp3) is 0.513. The largest absolute Gasteiger partial charge is 0.492 e. The second-order valence-corrected chi connectivity index (χ2v) is 14.2. The summed E-state index contributed by atoms with van der Waals surface area (Å²) < 4.78 is 10.0. The van der Waals surface area contributed by atoms with E-state index in [2.05, 4.69) is 76.1 Å². The van der Waals surface area contributed by atoms with Crippen molar-refractivity contribution in [3.05, 3.63) is 102 Å². The van der Waals surface area contributed by atoms with Gasteiger partial charge in [0.1, 0.15) is 12.4 Å². The number of aryl methyl sites for hydroxylation is 2. The molecule has 2 aromatic carbocycles. The minimum absolute atomic E-state index is 0.0631. The number of benzene rings is 2. The third-order valence-electron chi connectivity index (χ3n) is 8.68. The number of primary amides is 1. The maximum absolute atomic E-state index is 11.2. The van der Waals surface area contributed by atoms with E-state index in [4.69, 9.17) is 22.1 Å². The van der Waals surface area contributed by atoms with Crippen LogP contribution in [0.2, 0.25) is 5.02 Å². The van der Waals surface area contributed by atoms with Crippen molar-refractivity contribution in [3.63, 3.8) is 0 Å². The highest BCUT2D eigenvalue weighted by Crippen LogP contribution is 2.29. The number of imidazole rings is 2. The fourth-order valence-electron chi connectivity index (χ4n) is 5.63. The average Bonchev–Trinajstić information content (AvgIpc) is 3.79. The van der Waals surface area contributed by atoms with Gasteiger partial charge in [0.2, 0.25) is 5.91 Å². The number of unbranched alkanes of at least 4 members (excludes halogenated alkanes) is 3. The summed E-state index contributed by atoms with van der Waals surface area (Å²) in [5.74, 6) is 0.553. The molecule has 3 N–H and O–H groups in total. The van der Waals surface area contributed by atoms with Crippen molar-refractivity contribution in [2.45, 2.75) is 104 Å². The van der Waals surface area contributed by atoms with Crippen molar-refractivity contribution in [3.8, 4) is 5.75 Å². The molecule has 0 bridgehead atoms. The Morgan fingerprint density at radius 3 is 2.04 bits per heavy atom. The van der Waals surface area contributed by atoms with Gasteiger partial charge in [-0.2, -0.15) is 0 Å². The Bertz CT molecular complexity index is 1440. The molecular weight excluding hydrogens is 634 g/mol. The van der Waals surface area contributed by atoms with Crippen LogP contribution in [-0.2, 0) is 29.8 Å². The third-order valence-corrected chi connectivity index (χ3v) is 8.94. The number of amides is 1. The van der Waals surface area contributed by atoms with Gasteiger partial charge >= 0.3 is 0 Å². The third kappa shape index (κ3) is 15.2. The molecule has 2 aromatic heterocycles. The topological polar surface area (TPSA) is 103 Å². The van der Waals surface area contributed by atoms with E-state index in [-0.39, 0.29) is 17.0 Å². The zero-order valence-electron chi connectivity index (χ0n) is 30.3. The first kappa shape index (κ1) is 39.8. The maximum Gasteiger partial charge on any atom is 0.221 e. The van der Waals surface area contributed by atoms with E-state index < -0.39 is 0 Å². The van der Waals surface area contributed by atoms with Crippen molar-refractivity contribution in [2.24, 2.45) is 5.73 Å². The van der Waals surface area contributed by atoms with Gasteiger partial charge in [-0.05, 0) is 95.4 Å². The van der Waals surface area contributed by atoms with Crippen LogP contribution in [0.4, 0.5) is 0 Å². The van der Waals surface area contributed by atoms with Crippen LogP contribution in [0.15, 0.2) is 86.0 Å². The second-order valence-electron chi connectivity index (χ2n) is 13.8. The minimum atomic E-state index is -0.288. The average molecular weight is 692 g/mol. The van der Waals surface area contributed by atoms with Gasteiger partial charge in [-0.25, -0.2) is 9.97 Å². The summed E-state index contributed by atoms with van der Waals surface area (Å²) in [6, 6.07) is 15.8. The molecule has 0 atom stereocenters. The molecule has 0 aliphatic heterocycles. The van der Waals surface area contributed by atoms with Crippen molar-refractivity contribution < 1.29 is 9.53 Å². The first-order chi connectivity index (χ1) is 23.5. The lowest BCUT2D eigenvalue weighted by molar-refractivity contribution is -0.117. The van der Waals surface area contributed by atoms with Crippen LogP contribution in [0.25, 0.3) is 0 Å². The summed E-state index contributed by atoms with van der Waals surface area (Å²) in [6.45, 7) is 16.8. The molecule has 0 unspecified atom stereocenters. The summed E-state index contributed by atoms with van der Waals surface area (Å²) in [6.07, 6.45) is 18.9. The zero-order valence-corrected chi connectivity index (χ0v) is 31.0. The Hall–Kier alpha value is -3.66. The highest BCUT2D eigenvalue weighted by molar-refractivity contribution is 6.30. The number of rotatable bonds is 21. The maximum atomic E-state index is 11.2. The lowest BCUT2D eigenvalue weighted by Crippen LogP contribution is -2.45. The second kappa shape index (κ2) is 20.8. The number of nitrogens with two attached hydrogens (primary N) is 1. The van der Waals surface area contributed by atoms with Gasteiger partial charge in [-0.3, -0.25) is 9.69 Å². The molecule has 9 nitrogen and oxygen atoms in total. The number of hydrogen-bond acceptors (Lipinski definition) is 6. The van der Waals surface area contributed by atoms with Crippen LogP contribution in [0, 0.1) is 0 Å². The number of aromatic nitrogens is 4. The first-order valence-corrected chi connectivity index (χ1v) is 18.0. The minimum Gasteiger partial charge on any atom is -0.492 e. The standard InChI is InChI=1S/C23H36N4O.C16H22ClN3O/c1-4-5-6-7-15-27(16-8-14-26-17-13-25-19-26)23(2,3)21-11-9-20(10-12-21)18-22(24)28;1-16(2,12-21-15-6-4-14(17)5-7-15)19-8-3-10-20-11-9-18-13-20/h9-13,17,19H,4-8,14-16,18H2,1-3H3,(H2,24,28);4-7,9,11,13,19H,3,8,10,12H2,1-2H3. The van der Waals surface area contributed by atoms with Crippen molar-refractivity contribution in [1.29, 1.82) is 0 Å². The van der Waals surface area contributed by atoms with Crippen LogP contribution < -0.4 is 15.8 Å². The van der Waals surface area contributed by atoms with Crippen LogP contribution >= 0.6 is 11.6 Å². The zero-order chi connectivity index (χ0) is 35.5. The van der Waals surface area contributed by atoms with Gasteiger partial charge in [-0.1, -0.05) is 62.1 Å². The summed E-state index contributed by atoms with van der Waals surface area (Å²) in [5.41, 5.74) is 7.43. The van der Waals surface area contributed by atoms with Gasteiger partial charge in [0, 0.05) is 60.5 Å². The van der Waals surface area contributed by atoms with Gasteiger partial charge < -0.3 is 24.9 Å². The van der Waals surface area contributed by atoms with Gasteiger partial charge in [0.05, 0.1) is 19.1 Å². The molecule has 49 heavy (non-hydrogen) atoms. The predicted molar refractivity (Wildman–Crippen MR) is 201 cm³/mol. The molecule has 0 fully saturated rings. The van der Waals surface area contributed by atoms with Gasteiger partial charge in [0.25, 0.3) is 0 Å². The molecule has 2 heterocycles. The van der Waals surface area contributed by atoms with E-state index in [0.717, 1.165) is 61.9 Å². The number of carbonyl (C=O) groups is 1. The van der Waals surface area contributed by atoms with Crippen molar-refractivity contribution in [2.75, 3.05) is 26.2 Å². The molecule has 0 aliphatic rings. The van der Waals surface area contributed by atoms with Gasteiger partial charge in [-0.15, -0.1) is 0 Å². The monoisotopic (exact) mass is 691 g/mol. The lowest BCUT2D eigenvalue weighted by atomic mass is 9.90. The summed E-state index contributed by atoms with van der Waals surface area (Å²) >= 11 is 5.85. The predicted octanol–water partition coefficient (Wildman–Crippen LogP) is 7.49. The number of nitrogens with zero attached hydrogens (tertiary/aromatic N) is 5. The summed E-state index contributed by atoms with van der Waals surface area (Å²) in [5, 5.41) is 4.24. The highest BCUT2D eigenvalue weighted by atomic mass is 35.5. The highest BCUT2D eigenvalue weighted by Gasteiger charge is 2.28. The number of ether oxygens (including phenoxy) is 1. The molecule has 4 aromatic rings. The van der Waals surface area contributed by atoms with E-state index in [0.29, 0.717) is 13.0 Å². The van der Waals surface area contributed by atoms with Crippen LogP contribution in [0.5, 0.6) is 5.75 Å².